The molecule has 1 saturated carbocycles. The minimum Gasteiger partial charge on any atom is -0.381 e. The van der Waals surface area contributed by atoms with Gasteiger partial charge in [-0.15, -0.1) is 0 Å². The first-order valence-electron chi connectivity index (χ1n) is 6.92. The van der Waals surface area contributed by atoms with Crippen LogP contribution in [0.25, 0.3) is 0 Å². The summed E-state index contributed by atoms with van der Waals surface area (Å²) < 4.78 is 5.70. The van der Waals surface area contributed by atoms with Crippen LogP contribution in [0.3, 0.4) is 0 Å². The van der Waals surface area contributed by atoms with E-state index >= 15 is 0 Å². The third kappa shape index (κ3) is 4.42. The first kappa shape index (κ1) is 14.0. The van der Waals surface area contributed by atoms with Crippen molar-refractivity contribution in [1.82, 2.24) is 5.32 Å². The third-order valence-corrected chi connectivity index (χ3v) is 3.71. The predicted molar refractivity (Wildman–Crippen MR) is 69.7 cm³/mol. The number of hydrogen-bond acceptors (Lipinski definition) is 2. The topological polar surface area (TPSA) is 21.3 Å². The summed E-state index contributed by atoms with van der Waals surface area (Å²) in [4.78, 5) is 0. The maximum atomic E-state index is 5.70. The minimum atomic E-state index is 0.562. The Bertz CT molecular complexity index is 187. The second-order valence-electron chi connectivity index (χ2n) is 5.76. The van der Waals surface area contributed by atoms with Crippen LogP contribution < -0.4 is 5.32 Å². The molecule has 1 aliphatic rings. The summed E-state index contributed by atoms with van der Waals surface area (Å²) in [6.07, 6.45) is 5.23. The number of rotatable bonds is 9. The van der Waals surface area contributed by atoms with Crippen LogP contribution in [0.5, 0.6) is 0 Å². The molecule has 0 aromatic rings. The predicted octanol–water partition coefficient (Wildman–Crippen LogP) is 3.22. The van der Waals surface area contributed by atoms with Crippen molar-refractivity contribution in [3.8, 4) is 0 Å². The molecule has 0 amide bonds. The molecule has 0 radical (unpaired) electrons. The summed E-state index contributed by atoms with van der Waals surface area (Å²) in [7, 11) is 0. The Morgan fingerprint density at radius 2 is 1.94 bits per heavy atom. The number of nitrogens with one attached hydrogen (secondary N) is 1. The Labute approximate surface area is 101 Å². The van der Waals surface area contributed by atoms with E-state index in [2.05, 4.69) is 33.0 Å². The Hall–Kier alpha value is -0.0800. The van der Waals surface area contributed by atoms with Crippen LogP contribution >= 0.6 is 0 Å². The summed E-state index contributed by atoms with van der Waals surface area (Å²) in [6.45, 7) is 12.0. The molecule has 16 heavy (non-hydrogen) atoms. The number of ether oxygens (including phenoxy) is 1. The van der Waals surface area contributed by atoms with Gasteiger partial charge in [0.15, 0.2) is 0 Å². The highest BCUT2D eigenvalue weighted by Crippen LogP contribution is 2.51. The van der Waals surface area contributed by atoms with E-state index in [1.54, 1.807) is 0 Å². The molecule has 2 heteroatoms. The maximum absolute atomic E-state index is 5.70. The quantitative estimate of drug-likeness (QED) is 0.611. The van der Waals surface area contributed by atoms with Crippen LogP contribution in [-0.2, 0) is 4.74 Å². The molecule has 1 rings (SSSR count). The van der Waals surface area contributed by atoms with E-state index in [4.69, 9.17) is 4.74 Å². The fourth-order valence-corrected chi connectivity index (χ4v) is 2.23. The second kappa shape index (κ2) is 6.61. The zero-order chi connectivity index (χ0) is 12.0. The largest absolute Gasteiger partial charge is 0.381 e. The molecular weight excluding hydrogens is 198 g/mol. The SMILES string of the molecule is CCCNC(C)C1(CCOCC(C)C)CC1. The van der Waals surface area contributed by atoms with Crippen molar-refractivity contribution in [1.29, 1.82) is 0 Å². The second-order valence-corrected chi connectivity index (χ2v) is 5.76. The first-order valence-corrected chi connectivity index (χ1v) is 6.92. The molecule has 1 N–H and O–H groups in total. The van der Waals surface area contributed by atoms with E-state index in [9.17, 15) is 0 Å². The molecule has 96 valence electrons. The van der Waals surface area contributed by atoms with Crippen LogP contribution in [0.2, 0.25) is 0 Å². The van der Waals surface area contributed by atoms with E-state index in [1.807, 2.05) is 0 Å². The smallest absolute Gasteiger partial charge is 0.0488 e. The Morgan fingerprint density at radius 1 is 1.25 bits per heavy atom. The molecule has 1 fully saturated rings. The van der Waals surface area contributed by atoms with Gasteiger partial charge in [-0.3, -0.25) is 0 Å². The lowest BCUT2D eigenvalue weighted by Crippen LogP contribution is -2.36. The van der Waals surface area contributed by atoms with Gasteiger partial charge >= 0.3 is 0 Å². The molecule has 0 spiro atoms. The zero-order valence-corrected chi connectivity index (χ0v) is 11.5. The Balaban J connectivity index is 2.14. The van der Waals surface area contributed by atoms with Gasteiger partial charge in [0.25, 0.3) is 0 Å². The van der Waals surface area contributed by atoms with E-state index in [1.165, 1.54) is 25.7 Å². The van der Waals surface area contributed by atoms with E-state index < -0.39 is 0 Å². The van der Waals surface area contributed by atoms with Gasteiger partial charge in [0.2, 0.25) is 0 Å². The molecule has 0 aromatic carbocycles. The summed E-state index contributed by atoms with van der Waals surface area (Å²) in [5.41, 5.74) is 0.562. The highest BCUT2D eigenvalue weighted by atomic mass is 16.5. The van der Waals surface area contributed by atoms with Crippen molar-refractivity contribution in [3.63, 3.8) is 0 Å². The lowest BCUT2D eigenvalue weighted by molar-refractivity contribution is 0.0898. The van der Waals surface area contributed by atoms with Crippen molar-refractivity contribution >= 4 is 0 Å². The summed E-state index contributed by atoms with van der Waals surface area (Å²) in [6, 6.07) is 0.662. The molecule has 2 nitrogen and oxygen atoms in total. The molecule has 0 saturated heterocycles. The molecular formula is C14H29NO. The molecule has 1 aliphatic carbocycles. The molecule has 0 aromatic heterocycles. The third-order valence-electron chi connectivity index (χ3n) is 3.71. The van der Waals surface area contributed by atoms with Gasteiger partial charge in [0.1, 0.15) is 0 Å². The monoisotopic (exact) mass is 227 g/mol. The Kier molecular flexibility index (Phi) is 5.77. The van der Waals surface area contributed by atoms with E-state index in [-0.39, 0.29) is 0 Å². The lowest BCUT2D eigenvalue weighted by atomic mass is 9.94. The number of hydrogen-bond donors (Lipinski definition) is 1. The van der Waals surface area contributed by atoms with Crippen LogP contribution in [0.15, 0.2) is 0 Å². The van der Waals surface area contributed by atoms with Gasteiger partial charge in [-0.05, 0) is 50.5 Å². The van der Waals surface area contributed by atoms with Crippen molar-refractivity contribution < 1.29 is 4.74 Å². The van der Waals surface area contributed by atoms with Crippen LogP contribution in [0.1, 0.15) is 53.4 Å². The summed E-state index contributed by atoms with van der Waals surface area (Å²) in [5.74, 6) is 0.658. The highest BCUT2D eigenvalue weighted by Gasteiger charge is 2.46. The van der Waals surface area contributed by atoms with E-state index in [0.717, 1.165) is 19.8 Å². The highest BCUT2D eigenvalue weighted by molar-refractivity contribution is 5.00. The Morgan fingerprint density at radius 3 is 2.44 bits per heavy atom. The van der Waals surface area contributed by atoms with Crippen molar-refractivity contribution in [2.45, 2.75) is 59.4 Å². The molecule has 0 aliphatic heterocycles. The fourth-order valence-electron chi connectivity index (χ4n) is 2.23. The van der Waals surface area contributed by atoms with Crippen molar-refractivity contribution in [2.24, 2.45) is 11.3 Å². The van der Waals surface area contributed by atoms with Crippen LogP contribution in [0, 0.1) is 11.3 Å². The lowest BCUT2D eigenvalue weighted by Gasteiger charge is -2.24. The molecule has 0 heterocycles. The zero-order valence-electron chi connectivity index (χ0n) is 11.5. The summed E-state index contributed by atoms with van der Waals surface area (Å²) in [5, 5.41) is 3.63. The minimum absolute atomic E-state index is 0.562. The average Bonchev–Trinajstić information content (AvgIpc) is 3.02. The maximum Gasteiger partial charge on any atom is 0.0488 e. The van der Waals surface area contributed by atoms with Crippen LogP contribution in [0.4, 0.5) is 0 Å². The molecule has 1 atom stereocenters. The summed E-state index contributed by atoms with van der Waals surface area (Å²) >= 11 is 0. The first-order chi connectivity index (χ1) is 7.60. The van der Waals surface area contributed by atoms with Gasteiger partial charge in [0.05, 0.1) is 0 Å². The average molecular weight is 227 g/mol. The van der Waals surface area contributed by atoms with Gasteiger partial charge in [0, 0.05) is 19.3 Å². The van der Waals surface area contributed by atoms with Crippen molar-refractivity contribution in [3.05, 3.63) is 0 Å². The van der Waals surface area contributed by atoms with Gasteiger partial charge < -0.3 is 10.1 Å². The van der Waals surface area contributed by atoms with Gasteiger partial charge in [-0.25, -0.2) is 0 Å². The fraction of sp³-hybridized carbons (Fsp3) is 1.00. The molecule has 1 unspecified atom stereocenters. The normalized spacial score (nSPS) is 20.1. The van der Waals surface area contributed by atoms with Gasteiger partial charge in [-0.1, -0.05) is 20.8 Å². The standard InChI is InChI=1S/C14H29NO/c1-5-9-15-13(4)14(6-7-14)8-10-16-11-12(2)3/h12-13,15H,5-11H2,1-4H3. The van der Waals surface area contributed by atoms with Crippen LogP contribution in [-0.4, -0.2) is 25.8 Å². The molecule has 0 bridgehead atoms. The van der Waals surface area contributed by atoms with Crippen molar-refractivity contribution in [2.75, 3.05) is 19.8 Å². The van der Waals surface area contributed by atoms with Gasteiger partial charge in [-0.2, -0.15) is 0 Å². The van der Waals surface area contributed by atoms with E-state index in [0.29, 0.717) is 17.4 Å².